The first kappa shape index (κ1) is 23.8. The Morgan fingerprint density at radius 1 is 0.758 bits per heavy atom. The average Bonchev–Trinajstić information content (AvgIpc) is 2.84. The second-order valence-corrected chi connectivity index (χ2v) is 12.5. The van der Waals surface area contributed by atoms with Gasteiger partial charge in [0.2, 0.25) is 10.0 Å². The third-order valence-corrected chi connectivity index (χ3v) is 10.3. The van der Waals surface area contributed by atoms with Gasteiger partial charge < -0.3 is 4.74 Å². The van der Waals surface area contributed by atoms with Crippen molar-refractivity contribution >= 4 is 31.5 Å². The van der Waals surface area contributed by atoms with Gasteiger partial charge in [-0.1, -0.05) is 35.9 Å². The van der Waals surface area contributed by atoms with Gasteiger partial charge in [-0.15, -0.1) is 0 Å². The number of sulfonamides is 1. The number of nitrogens with zero attached hydrogens (tertiary/aromatic N) is 1. The minimum absolute atomic E-state index is 0.154. The molecule has 0 bridgehead atoms. The summed E-state index contributed by atoms with van der Waals surface area (Å²) >= 11 is 5.93. The van der Waals surface area contributed by atoms with E-state index >= 15 is 0 Å². The third-order valence-electron chi connectivity index (χ3n) is 5.90. The highest BCUT2D eigenvalue weighted by Crippen LogP contribution is 2.29. The quantitative estimate of drug-likeness (QED) is 0.487. The summed E-state index contributed by atoms with van der Waals surface area (Å²) in [6.07, 6.45) is 0.493. The van der Waals surface area contributed by atoms with Crippen molar-refractivity contribution < 1.29 is 21.6 Å². The van der Waals surface area contributed by atoms with Crippen LogP contribution in [0.3, 0.4) is 0 Å². The zero-order valence-corrected chi connectivity index (χ0v) is 20.4. The molecule has 1 aliphatic rings. The third kappa shape index (κ3) is 4.94. The summed E-state index contributed by atoms with van der Waals surface area (Å²) in [5.41, 5.74) is 1.82. The van der Waals surface area contributed by atoms with Gasteiger partial charge in [0.1, 0.15) is 5.75 Å². The van der Waals surface area contributed by atoms with E-state index in [9.17, 15) is 16.8 Å². The Morgan fingerprint density at radius 3 is 1.76 bits per heavy atom. The lowest BCUT2D eigenvalue weighted by atomic mass is 10.1. The largest absolute Gasteiger partial charge is 0.497 e. The summed E-state index contributed by atoms with van der Waals surface area (Å²) in [5.74, 6) is 0.581. The van der Waals surface area contributed by atoms with Crippen LogP contribution in [-0.2, 0) is 19.9 Å². The molecule has 0 N–H and O–H groups in total. The lowest BCUT2D eigenvalue weighted by molar-refractivity contribution is 0.345. The lowest BCUT2D eigenvalue weighted by Gasteiger charge is -2.31. The van der Waals surface area contributed by atoms with Crippen LogP contribution in [0.2, 0.25) is 5.02 Å². The summed E-state index contributed by atoms with van der Waals surface area (Å²) < 4.78 is 58.7. The molecule has 0 atom stereocenters. The normalized spacial score (nSPS) is 15.9. The molecule has 3 aromatic carbocycles. The standard InChI is InChI=1S/C24H24ClNO5S2/c1-31-21-8-12-22(13-9-21)32(27,28)23-14-16-26(17-15-23)33(29,30)24-10-4-19(5-11-24)18-2-6-20(25)7-3-18/h2-13,23H,14-17H2,1H3. The summed E-state index contributed by atoms with van der Waals surface area (Å²) in [6, 6.07) is 20.3. The van der Waals surface area contributed by atoms with Gasteiger partial charge >= 0.3 is 0 Å². The molecule has 0 unspecified atom stereocenters. The highest BCUT2D eigenvalue weighted by atomic mass is 35.5. The van der Waals surface area contributed by atoms with E-state index < -0.39 is 25.1 Å². The van der Waals surface area contributed by atoms with Gasteiger partial charge in [-0.2, -0.15) is 4.31 Å². The molecular weight excluding hydrogens is 482 g/mol. The molecule has 1 aliphatic heterocycles. The van der Waals surface area contributed by atoms with Gasteiger partial charge in [0, 0.05) is 18.1 Å². The summed E-state index contributed by atoms with van der Waals surface area (Å²) in [5, 5.41) is 0.0139. The Balaban J connectivity index is 1.45. The Hall–Kier alpha value is -2.39. The SMILES string of the molecule is COc1ccc(S(=O)(=O)C2CCN(S(=O)(=O)c3ccc(-c4ccc(Cl)cc4)cc3)CC2)cc1. The van der Waals surface area contributed by atoms with Gasteiger partial charge in [-0.3, -0.25) is 0 Å². The topological polar surface area (TPSA) is 80.8 Å². The highest BCUT2D eigenvalue weighted by molar-refractivity contribution is 7.92. The fraction of sp³-hybridized carbons (Fsp3) is 0.250. The maximum Gasteiger partial charge on any atom is 0.243 e. The maximum absolute atomic E-state index is 13.1. The summed E-state index contributed by atoms with van der Waals surface area (Å²) in [6.45, 7) is 0.308. The fourth-order valence-corrected chi connectivity index (χ4v) is 7.28. The number of piperidine rings is 1. The Morgan fingerprint density at radius 2 is 1.24 bits per heavy atom. The van der Waals surface area contributed by atoms with Crippen molar-refractivity contribution in [3.63, 3.8) is 0 Å². The Bertz CT molecular complexity index is 1310. The van der Waals surface area contributed by atoms with E-state index in [-0.39, 0.29) is 35.7 Å². The molecule has 1 saturated heterocycles. The number of sulfone groups is 1. The van der Waals surface area contributed by atoms with E-state index in [1.165, 1.54) is 23.5 Å². The first-order valence-corrected chi connectivity index (χ1v) is 13.8. The average molecular weight is 506 g/mol. The zero-order chi connectivity index (χ0) is 23.6. The molecule has 0 spiro atoms. The molecule has 0 saturated carbocycles. The first-order valence-electron chi connectivity index (χ1n) is 10.5. The van der Waals surface area contributed by atoms with Crippen LogP contribution in [0.15, 0.2) is 82.6 Å². The van der Waals surface area contributed by atoms with Crippen LogP contribution in [-0.4, -0.2) is 46.6 Å². The van der Waals surface area contributed by atoms with E-state index in [1.807, 2.05) is 12.1 Å². The lowest BCUT2D eigenvalue weighted by Crippen LogP contribution is -2.42. The highest BCUT2D eigenvalue weighted by Gasteiger charge is 2.35. The van der Waals surface area contributed by atoms with Crippen molar-refractivity contribution in [2.24, 2.45) is 0 Å². The second-order valence-electron chi connectivity index (χ2n) is 7.86. The van der Waals surface area contributed by atoms with Crippen LogP contribution >= 0.6 is 11.6 Å². The predicted octanol–water partition coefficient (Wildman–Crippen LogP) is 4.64. The second kappa shape index (κ2) is 9.46. The van der Waals surface area contributed by atoms with Gasteiger partial charge in [0.25, 0.3) is 0 Å². The van der Waals surface area contributed by atoms with E-state index in [1.54, 1.807) is 48.5 Å². The molecule has 1 fully saturated rings. The number of benzene rings is 3. The Labute approximate surface area is 199 Å². The van der Waals surface area contributed by atoms with E-state index in [0.717, 1.165) is 11.1 Å². The number of halogens is 1. The molecule has 0 radical (unpaired) electrons. The molecule has 4 rings (SSSR count). The summed E-state index contributed by atoms with van der Waals surface area (Å²) in [4.78, 5) is 0.416. The van der Waals surface area contributed by atoms with E-state index in [2.05, 4.69) is 0 Å². The van der Waals surface area contributed by atoms with E-state index in [4.69, 9.17) is 16.3 Å². The van der Waals surface area contributed by atoms with Gasteiger partial charge in [-0.25, -0.2) is 16.8 Å². The zero-order valence-electron chi connectivity index (χ0n) is 18.0. The number of hydrogen-bond acceptors (Lipinski definition) is 5. The smallest absolute Gasteiger partial charge is 0.243 e. The molecule has 0 aromatic heterocycles. The summed E-state index contributed by atoms with van der Waals surface area (Å²) in [7, 11) is -5.74. The molecule has 3 aromatic rings. The van der Waals surface area contributed by atoms with Gasteiger partial charge in [-0.05, 0) is 72.5 Å². The molecule has 1 heterocycles. The monoisotopic (exact) mass is 505 g/mol. The van der Waals surface area contributed by atoms with Crippen molar-refractivity contribution in [2.45, 2.75) is 27.9 Å². The number of methoxy groups -OCH3 is 1. The van der Waals surface area contributed by atoms with Crippen molar-refractivity contribution in [3.8, 4) is 16.9 Å². The molecule has 6 nitrogen and oxygen atoms in total. The van der Waals surface area contributed by atoms with Gasteiger partial charge in [0.15, 0.2) is 9.84 Å². The van der Waals surface area contributed by atoms with Crippen molar-refractivity contribution in [2.75, 3.05) is 20.2 Å². The van der Waals surface area contributed by atoms with Crippen molar-refractivity contribution in [1.82, 2.24) is 4.31 Å². The molecule has 0 aliphatic carbocycles. The molecule has 33 heavy (non-hydrogen) atoms. The number of rotatable bonds is 6. The van der Waals surface area contributed by atoms with Crippen molar-refractivity contribution in [1.29, 1.82) is 0 Å². The number of ether oxygens (including phenoxy) is 1. The van der Waals surface area contributed by atoms with Crippen LogP contribution in [0.5, 0.6) is 5.75 Å². The van der Waals surface area contributed by atoms with Crippen LogP contribution < -0.4 is 4.74 Å². The Kier molecular flexibility index (Phi) is 6.81. The van der Waals surface area contributed by atoms with Crippen molar-refractivity contribution in [3.05, 3.63) is 77.8 Å². The minimum Gasteiger partial charge on any atom is -0.497 e. The molecule has 0 amide bonds. The van der Waals surface area contributed by atoms with Crippen LogP contribution in [0.25, 0.3) is 11.1 Å². The predicted molar refractivity (Wildman–Crippen MR) is 129 cm³/mol. The van der Waals surface area contributed by atoms with E-state index in [0.29, 0.717) is 10.8 Å². The molecular formula is C24H24ClNO5S2. The van der Waals surface area contributed by atoms with Crippen LogP contribution in [0.4, 0.5) is 0 Å². The maximum atomic E-state index is 13.1. The van der Waals surface area contributed by atoms with Crippen LogP contribution in [0.1, 0.15) is 12.8 Å². The van der Waals surface area contributed by atoms with Crippen LogP contribution in [0, 0.1) is 0 Å². The fourth-order valence-electron chi connectivity index (χ4n) is 3.95. The first-order chi connectivity index (χ1) is 15.7. The molecule has 174 valence electrons. The molecule has 9 heteroatoms. The minimum atomic E-state index is -3.71. The number of hydrogen-bond donors (Lipinski definition) is 0. The van der Waals surface area contributed by atoms with Gasteiger partial charge in [0.05, 0.1) is 22.2 Å².